The minimum atomic E-state index is -4.69. The van der Waals surface area contributed by atoms with Crippen molar-refractivity contribution < 1.29 is 27.5 Å². The van der Waals surface area contributed by atoms with Crippen LogP contribution in [0.5, 0.6) is 0 Å². The van der Waals surface area contributed by atoms with E-state index in [4.69, 9.17) is 16.3 Å². The average molecular weight is 393 g/mol. The van der Waals surface area contributed by atoms with E-state index in [1.165, 1.54) is 6.07 Å². The van der Waals surface area contributed by atoms with E-state index in [0.29, 0.717) is 16.8 Å². The Labute approximate surface area is 149 Å². The Morgan fingerprint density at radius 2 is 2.00 bits per heavy atom. The van der Waals surface area contributed by atoms with Crippen LogP contribution in [0.4, 0.5) is 18.9 Å². The van der Waals surface area contributed by atoms with E-state index in [2.05, 4.69) is 10.3 Å². The normalized spacial score (nSPS) is 11.3. The molecule has 1 aromatic heterocycles. The van der Waals surface area contributed by atoms with Crippen LogP contribution in [0.1, 0.15) is 25.9 Å². The predicted molar refractivity (Wildman–Crippen MR) is 87.0 cm³/mol. The molecule has 0 aliphatic heterocycles. The number of hydrogen-bond acceptors (Lipinski definition) is 5. The largest absolute Gasteiger partial charge is 0.451 e. The molecule has 1 amide bonds. The van der Waals surface area contributed by atoms with Crippen LogP contribution < -0.4 is 5.32 Å². The molecular weight excluding hydrogens is 381 g/mol. The summed E-state index contributed by atoms with van der Waals surface area (Å²) >= 11 is 6.66. The van der Waals surface area contributed by atoms with Crippen molar-refractivity contribution in [3.8, 4) is 0 Å². The van der Waals surface area contributed by atoms with Gasteiger partial charge in [0.1, 0.15) is 4.88 Å². The molecule has 134 valence electrons. The van der Waals surface area contributed by atoms with Crippen LogP contribution in [0.2, 0.25) is 5.02 Å². The number of nitrogens with one attached hydrogen (secondary N) is 1. The first-order chi connectivity index (χ1) is 11.6. The lowest BCUT2D eigenvalue weighted by molar-refractivity contribution is -0.137. The monoisotopic (exact) mass is 392 g/mol. The standard InChI is InChI=1S/C15H12ClF3N2O3S/c1-7-13(25-8(2)20-7)14(23)24-6-12(22)21-11-4-3-9(16)5-10(11)15(17,18)19/h3-5H,6H2,1-2H3,(H,21,22). The summed E-state index contributed by atoms with van der Waals surface area (Å²) in [6.45, 7) is 2.60. The van der Waals surface area contributed by atoms with Crippen molar-refractivity contribution in [3.63, 3.8) is 0 Å². The Balaban J connectivity index is 2.04. The van der Waals surface area contributed by atoms with Gasteiger partial charge in [0, 0.05) is 5.02 Å². The molecule has 0 aliphatic carbocycles. The molecule has 0 radical (unpaired) electrons. The van der Waals surface area contributed by atoms with Gasteiger partial charge in [-0.25, -0.2) is 9.78 Å². The molecule has 0 fully saturated rings. The second-order valence-corrected chi connectivity index (χ2v) is 6.60. The summed E-state index contributed by atoms with van der Waals surface area (Å²) in [7, 11) is 0. The maximum absolute atomic E-state index is 13.0. The molecule has 0 bridgehead atoms. The number of alkyl halides is 3. The Morgan fingerprint density at radius 1 is 1.32 bits per heavy atom. The maximum Gasteiger partial charge on any atom is 0.418 e. The fraction of sp³-hybridized carbons (Fsp3) is 0.267. The van der Waals surface area contributed by atoms with Crippen molar-refractivity contribution in [1.29, 1.82) is 0 Å². The molecule has 0 aliphatic rings. The van der Waals surface area contributed by atoms with Crippen molar-refractivity contribution in [1.82, 2.24) is 4.98 Å². The highest BCUT2D eigenvalue weighted by Crippen LogP contribution is 2.36. The molecule has 0 unspecified atom stereocenters. The maximum atomic E-state index is 13.0. The zero-order valence-electron chi connectivity index (χ0n) is 13.0. The zero-order valence-corrected chi connectivity index (χ0v) is 14.6. The second-order valence-electron chi connectivity index (χ2n) is 4.96. The van der Waals surface area contributed by atoms with Crippen molar-refractivity contribution in [2.45, 2.75) is 20.0 Å². The predicted octanol–water partition coefficient (Wildman–Crippen LogP) is 4.23. The minimum Gasteiger partial charge on any atom is -0.451 e. The SMILES string of the molecule is Cc1nc(C)c(C(=O)OCC(=O)Nc2ccc(Cl)cc2C(F)(F)F)s1. The van der Waals surface area contributed by atoms with Gasteiger partial charge in [-0.1, -0.05) is 11.6 Å². The van der Waals surface area contributed by atoms with E-state index in [9.17, 15) is 22.8 Å². The molecule has 1 aromatic carbocycles. The Kier molecular flexibility index (Phi) is 5.69. The molecule has 1 N–H and O–H groups in total. The van der Waals surface area contributed by atoms with E-state index < -0.39 is 35.9 Å². The van der Waals surface area contributed by atoms with Gasteiger partial charge in [0.05, 0.1) is 22.0 Å². The van der Waals surface area contributed by atoms with Gasteiger partial charge >= 0.3 is 12.1 Å². The van der Waals surface area contributed by atoms with Crippen molar-refractivity contribution in [2.24, 2.45) is 0 Å². The van der Waals surface area contributed by atoms with Crippen LogP contribution in [-0.4, -0.2) is 23.5 Å². The van der Waals surface area contributed by atoms with Gasteiger partial charge in [0.25, 0.3) is 5.91 Å². The third-order valence-corrected chi connectivity index (χ3v) is 4.27. The third-order valence-electron chi connectivity index (χ3n) is 2.98. The number of nitrogens with zero attached hydrogens (tertiary/aromatic N) is 1. The molecule has 2 aromatic rings. The fourth-order valence-electron chi connectivity index (χ4n) is 1.96. The third kappa shape index (κ3) is 4.93. The molecule has 0 saturated carbocycles. The lowest BCUT2D eigenvalue weighted by Gasteiger charge is -2.14. The number of carbonyl (C=O) groups is 2. The summed E-state index contributed by atoms with van der Waals surface area (Å²) in [5.74, 6) is -1.66. The van der Waals surface area contributed by atoms with Crippen molar-refractivity contribution >= 4 is 40.5 Å². The Hall–Kier alpha value is -2.13. The number of thiazole rings is 1. The number of halogens is 4. The van der Waals surface area contributed by atoms with Crippen molar-refractivity contribution in [3.05, 3.63) is 44.4 Å². The summed E-state index contributed by atoms with van der Waals surface area (Å²) in [6, 6.07) is 2.94. The van der Waals surface area contributed by atoms with E-state index in [-0.39, 0.29) is 9.90 Å². The Bertz CT molecular complexity index is 821. The van der Waals surface area contributed by atoms with E-state index in [1.807, 2.05) is 0 Å². The van der Waals surface area contributed by atoms with Gasteiger partial charge < -0.3 is 10.1 Å². The van der Waals surface area contributed by atoms with Gasteiger partial charge in [-0.05, 0) is 32.0 Å². The number of carbonyl (C=O) groups excluding carboxylic acids is 2. The minimum absolute atomic E-state index is 0.118. The van der Waals surface area contributed by atoms with E-state index in [0.717, 1.165) is 17.4 Å². The average Bonchev–Trinajstić information content (AvgIpc) is 2.84. The zero-order chi connectivity index (χ0) is 18.8. The first-order valence-electron chi connectivity index (χ1n) is 6.85. The number of ether oxygens (including phenoxy) is 1. The van der Waals surface area contributed by atoms with Crippen LogP contribution in [0.25, 0.3) is 0 Å². The molecule has 0 saturated heterocycles. The van der Waals surface area contributed by atoms with Gasteiger partial charge in [-0.3, -0.25) is 4.79 Å². The lowest BCUT2D eigenvalue weighted by atomic mass is 10.1. The molecule has 5 nitrogen and oxygen atoms in total. The molecule has 2 rings (SSSR count). The first-order valence-corrected chi connectivity index (χ1v) is 8.05. The molecule has 25 heavy (non-hydrogen) atoms. The quantitative estimate of drug-likeness (QED) is 0.791. The topological polar surface area (TPSA) is 68.3 Å². The fourth-order valence-corrected chi connectivity index (χ4v) is 2.95. The Morgan fingerprint density at radius 3 is 2.56 bits per heavy atom. The van der Waals surface area contributed by atoms with Crippen LogP contribution in [-0.2, 0) is 15.7 Å². The number of amides is 1. The lowest BCUT2D eigenvalue weighted by Crippen LogP contribution is -2.22. The molecule has 0 spiro atoms. The number of rotatable bonds is 4. The highest BCUT2D eigenvalue weighted by Gasteiger charge is 2.34. The highest BCUT2D eigenvalue weighted by molar-refractivity contribution is 7.13. The summed E-state index contributed by atoms with van der Waals surface area (Å²) in [5, 5.41) is 2.60. The second kappa shape index (κ2) is 7.40. The molecule has 1 heterocycles. The number of hydrogen-bond donors (Lipinski definition) is 1. The summed E-state index contributed by atoms with van der Waals surface area (Å²) < 4.78 is 43.7. The molecule has 10 heteroatoms. The number of aryl methyl sites for hydroxylation is 2. The van der Waals surface area contributed by atoms with Gasteiger partial charge in [0.2, 0.25) is 0 Å². The van der Waals surface area contributed by atoms with Gasteiger partial charge in [-0.15, -0.1) is 11.3 Å². The molecule has 0 atom stereocenters. The number of anilines is 1. The van der Waals surface area contributed by atoms with Gasteiger partial charge in [-0.2, -0.15) is 13.2 Å². The smallest absolute Gasteiger partial charge is 0.418 e. The van der Waals surface area contributed by atoms with E-state index >= 15 is 0 Å². The van der Waals surface area contributed by atoms with Crippen LogP contribution in [0.3, 0.4) is 0 Å². The van der Waals surface area contributed by atoms with Gasteiger partial charge in [0.15, 0.2) is 6.61 Å². The summed E-state index contributed by atoms with van der Waals surface area (Å²) in [6.07, 6.45) is -4.69. The van der Waals surface area contributed by atoms with Crippen LogP contribution in [0.15, 0.2) is 18.2 Å². The highest BCUT2D eigenvalue weighted by atomic mass is 35.5. The molecular formula is C15H12ClF3N2O3S. The number of aromatic nitrogens is 1. The number of esters is 1. The summed E-state index contributed by atoms with van der Waals surface area (Å²) in [5.41, 5.74) is -1.10. The first kappa shape index (κ1) is 19.2. The number of benzene rings is 1. The van der Waals surface area contributed by atoms with Crippen LogP contribution >= 0.6 is 22.9 Å². The van der Waals surface area contributed by atoms with E-state index in [1.54, 1.807) is 13.8 Å². The van der Waals surface area contributed by atoms with Crippen molar-refractivity contribution in [2.75, 3.05) is 11.9 Å². The van der Waals surface area contributed by atoms with Crippen LogP contribution in [0, 0.1) is 13.8 Å². The summed E-state index contributed by atoms with van der Waals surface area (Å²) in [4.78, 5) is 28.0.